The molecule has 1 rings (SSSR count). The highest BCUT2D eigenvalue weighted by molar-refractivity contribution is 5.76. The Morgan fingerprint density at radius 1 is 0.756 bits per heavy atom. The first-order valence-electron chi connectivity index (χ1n) is 13.8. The van der Waals surface area contributed by atoms with Crippen molar-refractivity contribution in [1.29, 1.82) is 0 Å². The Balaban J connectivity index is 2.97. The van der Waals surface area contributed by atoms with Gasteiger partial charge in [0.05, 0.1) is 26.9 Å². The third-order valence-electron chi connectivity index (χ3n) is 5.25. The molecule has 1 aromatic carbocycles. The number of methoxy groups -OCH3 is 1. The van der Waals surface area contributed by atoms with Crippen molar-refractivity contribution in [3.05, 3.63) is 23.8 Å². The van der Waals surface area contributed by atoms with E-state index >= 15 is 0 Å². The first kappa shape index (κ1) is 35.5. The summed E-state index contributed by atoms with van der Waals surface area (Å²) in [6, 6.07) is 3.63. The molecule has 12 heteroatoms. The van der Waals surface area contributed by atoms with Gasteiger partial charge in [-0.05, 0) is 55.2 Å². The second-order valence-corrected chi connectivity index (χ2v) is 10.8. The Morgan fingerprint density at radius 3 is 1.88 bits per heavy atom. The minimum absolute atomic E-state index is 0.0652. The van der Waals surface area contributed by atoms with Crippen molar-refractivity contribution in [3.8, 4) is 11.5 Å². The predicted octanol–water partition coefficient (Wildman–Crippen LogP) is 5.29. The molecule has 0 aliphatic rings. The van der Waals surface area contributed by atoms with E-state index in [2.05, 4.69) is 5.32 Å². The molecule has 0 aromatic heterocycles. The molecule has 0 radical (unpaired) electrons. The highest BCUT2D eigenvalue weighted by Crippen LogP contribution is 2.30. The summed E-state index contributed by atoms with van der Waals surface area (Å²) in [5.74, 6) is -0.160. The second-order valence-electron chi connectivity index (χ2n) is 10.8. The Labute approximate surface area is 242 Å². The van der Waals surface area contributed by atoms with E-state index in [-0.39, 0.29) is 56.1 Å². The van der Waals surface area contributed by atoms with E-state index < -0.39 is 36.6 Å². The van der Waals surface area contributed by atoms with E-state index in [0.717, 1.165) is 6.42 Å². The molecule has 232 valence electrons. The smallest absolute Gasteiger partial charge is 0.468 e. The zero-order valence-corrected chi connectivity index (χ0v) is 25.4. The number of nitrogens with one attached hydrogen (secondary N) is 1. The molecule has 1 N–H and O–H groups in total. The summed E-state index contributed by atoms with van der Waals surface area (Å²) >= 11 is 0. The van der Waals surface area contributed by atoms with Gasteiger partial charge in [-0.15, -0.1) is 0 Å². The predicted molar refractivity (Wildman–Crippen MR) is 149 cm³/mol. The molecule has 0 aliphatic carbocycles. The lowest BCUT2D eigenvalue weighted by Crippen LogP contribution is -2.43. The van der Waals surface area contributed by atoms with Gasteiger partial charge in [0.1, 0.15) is 12.1 Å². The van der Waals surface area contributed by atoms with Crippen LogP contribution in [0.1, 0.15) is 60.5 Å². The third kappa shape index (κ3) is 15.7. The number of carbonyl (C=O) groups excluding carboxylic acids is 4. The third-order valence-corrected chi connectivity index (χ3v) is 5.25. The number of ether oxygens (including phenoxy) is 7. The van der Waals surface area contributed by atoms with Gasteiger partial charge in [-0.1, -0.05) is 47.6 Å². The lowest BCUT2D eigenvalue weighted by Gasteiger charge is -2.20. The van der Waals surface area contributed by atoms with Gasteiger partial charge < -0.3 is 38.5 Å². The van der Waals surface area contributed by atoms with E-state index in [1.807, 2.05) is 41.5 Å². The number of rotatable bonds is 16. The zero-order valence-electron chi connectivity index (χ0n) is 25.4. The van der Waals surface area contributed by atoms with Crippen molar-refractivity contribution in [1.82, 2.24) is 5.32 Å². The maximum absolute atomic E-state index is 12.5. The Hall–Kier alpha value is -3.54. The number of hydrogen-bond acceptors (Lipinski definition) is 12. The summed E-state index contributed by atoms with van der Waals surface area (Å²) in [5.41, 5.74) is 0.545. The van der Waals surface area contributed by atoms with Crippen LogP contribution in [0.3, 0.4) is 0 Å². The van der Waals surface area contributed by atoms with Crippen LogP contribution in [-0.4, -0.2) is 70.1 Å². The fraction of sp³-hybridized carbons (Fsp3) is 0.655. The molecular weight excluding hydrogens is 538 g/mol. The van der Waals surface area contributed by atoms with Crippen LogP contribution in [0.5, 0.6) is 11.5 Å². The van der Waals surface area contributed by atoms with Gasteiger partial charge in [-0.25, -0.2) is 14.4 Å². The van der Waals surface area contributed by atoms with Crippen LogP contribution in [0.25, 0.3) is 0 Å². The number of esters is 1. The van der Waals surface area contributed by atoms with E-state index in [4.69, 9.17) is 33.2 Å². The highest BCUT2D eigenvalue weighted by atomic mass is 16.7. The van der Waals surface area contributed by atoms with Crippen molar-refractivity contribution < 1.29 is 52.3 Å². The lowest BCUT2D eigenvalue weighted by molar-refractivity contribution is -0.143. The van der Waals surface area contributed by atoms with Gasteiger partial charge in [-0.3, -0.25) is 4.79 Å². The van der Waals surface area contributed by atoms with Gasteiger partial charge in [-0.2, -0.15) is 0 Å². The molecule has 2 atom stereocenters. The molecule has 0 amide bonds. The molecule has 0 saturated heterocycles. The first-order chi connectivity index (χ1) is 19.3. The highest BCUT2D eigenvalue weighted by Gasteiger charge is 2.23. The van der Waals surface area contributed by atoms with Crippen LogP contribution in [0.15, 0.2) is 18.2 Å². The average molecular weight is 584 g/mol. The Kier molecular flexibility index (Phi) is 16.2. The van der Waals surface area contributed by atoms with Crippen LogP contribution < -0.4 is 14.8 Å². The maximum atomic E-state index is 12.5. The van der Waals surface area contributed by atoms with Crippen molar-refractivity contribution >= 4 is 24.4 Å². The average Bonchev–Trinajstić information content (AvgIpc) is 2.89. The molecule has 0 bridgehead atoms. The molecule has 0 saturated carbocycles. The summed E-state index contributed by atoms with van der Waals surface area (Å²) < 4.78 is 35.9. The fourth-order valence-electron chi connectivity index (χ4n) is 3.09. The molecule has 41 heavy (non-hydrogen) atoms. The van der Waals surface area contributed by atoms with Gasteiger partial charge in [0.2, 0.25) is 0 Å². The normalized spacial score (nSPS) is 12.5. The van der Waals surface area contributed by atoms with Crippen molar-refractivity contribution in [2.45, 2.75) is 73.5 Å². The number of benzene rings is 1. The summed E-state index contributed by atoms with van der Waals surface area (Å²) in [6.45, 7) is 13.8. The van der Waals surface area contributed by atoms with Crippen LogP contribution in [0.4, 0.5) is 14.4 Å². The van der Waals surface area contributed by atoms with E-state index in [1.165, 1.54) is 19.2 Å². The van der Waals surface area contributed by atoms with Gasteiger partial charge in [0.25, 0.3) is 0 Å². The minimum atomic E-state index is -0.981. The molecule has 0 aliphatic heterocycles. The molecule has 0 spiro atoms. The Bertz CT molecular complexity index is 978. The SMILES string of the molecule is COC(=O)[C@H](Cc1ccc(OC(=O)OCC(C)C)c(OC(=O)OCC(C)C)c1)NCC(C)OC(=O)OCCC(C)C. The lowest BCUT2D eigenvalue weighted by atomic mass is 10.0. The van der Waals surface area contributed by atoms with E-state index in [9.17, 15) is 19.2 Å². The molecule has 1 aromatic rings. The Morgan fingerprint density at radius 2 is 1.34 bits per heavy atom. The zero-order chi connectivity index (χ0) is 30.9. The van der Waals surface area contributed by atoms with Gasteiger partial charge in [0, 0.05) is 6.54 Å². The van der Waals surface area contributed by atoms with Crippen molar-refractivity contribution in [3.63, 3.8) is 0 Å². The van der Waals surface area contributed by atoms with Crippen LogP contribution in [-0.2, 0) is 34.9 Å². The monoisotopic (exact) mass is 583 g/mol. The molecule has 1 unspecified atom stereocenters. The van der Waals surface area contributed by atoms with Crippen LogP contribution in [0, 0.1) is 17.8 Å². The first-order valence-corrected chi connectivity index (χ1v) is 13.8. The van der Waals surface area contributed by atoms with E-state index in [1.54, 1.807) is 13.0 Å². The molecule has 12 nitrogen and oxygen atoms in total. The molecule has 0 heterocycles. The van der Waals surface area contributed by atoms with Crippen LogP contribution >= 0.6 is 0 Å². The summed E-state index contributed by atoms with van der Waals surface area (Å²) in [5, 5.41) is 3.02. The molecular formula is C29H45NO11. The number of carbonyl (C=O) groups is 4. The largest absolute Gasteiger partial charge is 0.513 e. The minimum Gasteiger partial charge on any atom is -0.468 e. The maximum Gasteiger partial charge on any atom is 0.513 e. The second kappa shape index (κ2) is 18.7. The summed E-state index contributed by atoms with van der Waals surface area (Å²) in [6.07, 6.45) is -2.51. The van der Waals surface area contributed by atoms with E-state index in [0.29, 0.717) is 11.5 Å². The summed E-state index contributed by atoms with van der Waals surface area (Å²) in [4.78, 5) is 48.8. The number of hydrogen-bond donors (Lipinski definition) is 1. The molecule has 0 fully saturated rings. The quantitative estimate of drug-likeness (QED) is 0.153. The van der Waals surface area contributed by atoms with Crippen LogP contribution in [0.2, 0.25) is 0 Å². The summed E-state index contributed by atoms with van der Waals surface area (Å²) in [7, 11) is 1.25. The fourth-order valence-corrected chi connectivity index (χ4v) is 3.09. The van der Waals surface area contributed by atoms with Crippen molar-refractivity contribution in [2.24, 2.45) is 17.8 Å². The van der Waals surface area contributed by atoms with Gasteiger partial charge in [0.15, 0.2) is 11.5 Å². The van der Waals surface area contributed by atoms with Crippen molar-refractivity contribution in [2.75, 3.05) is 33.5 Å². The standard InChI is InChI=1S/C29H45NO11/c1-18(2)11-12-36-27(32)39-21(7)15-30-23(26(31)35-8)13-22-9-10-24(40-28(33)37-16-19(3)4)25(14-22)41-29(34)38-17-20(5)6/h9-10,14,18-21,23,30H,11-13,15-17H2,1-8H3/t21?,23-/m0/s1. The van der Waals surface area contributed by atoms with Gasteiger partial charge >= 0.3 is 24.4 Å². The topological polar surface area (TPSA) is 145 Å².